The van der Waals surface area contributed by atoms with E-state index in [0.717, 1.165) is 20.3 Å². The van der Waals surface area contributed by atoms with Crippen molar-refractivity contribution in [2.45, 2.75) is 4.90 Å². The molecule has 0 fully saturated rings. The van der Waals surface area contributed by atoms with Crippen LogP contribution >= 0.6 is 27.7 Å². The van der Waals surface area contributed by atoms with Crippen LogP contribution in [0.1, 0.15) is 0 Å². The van der Waals surface area contributed by atoms with Crippen LogP contribution < -0.4 is 5.73 Å². The van der Waals surface area contributed by atoms with Gasteiger partial charge < -0.3 is 10.7 Å². The first-order valence-electron chi connectivity index (χ1n) is 3.95. The predicted octanol–water partition coefficient (Wildman–Crippen LogP) is 2.92. The van der Waals surface area contributed by atoms with Gasteiger partial charge in [0.05, 0.1) is 0 Å². The van der Waals surface area contributed by atoms with Crippen LogP contribution in [0.25, 0.3) is 10.9 Å². The quantitative estimate of drug-likeness (QED) is 0.424. The number of H-pyrrole nitrogens is 1. The summed E-state index contributed by atoms with van der Waals surface area (Å²) in [5.74, 6) is 0. The van der Waals surface area contributed by atoms with E-state index in [4.69, 9.17) is 11.1 Å². The molecule has 1 aromatic carbocycles. The van der Waals surface area contributed by atoms with Gasteiger partial charge in [-0.1, -0.05) is 27.7 Å². The van der Waals surface area contributed by atoms with E-state index < -0.39 is 0 Å². The van der Waals surface area contributed by atoms with Crippen molar-refractivity contribution >= 4 is 43.8 Å². The van der Waals surface area contributed by atoms with E-state index in [-0.39, 0.29) is 5.17 Å². The number of benzene rings is 1. The maximum atomic E-state index is 7.21. The Balaban J connectivity index is 2.55. The number of thioether (sulfide) groups is 1. The minimum Gasteiger partial charge on any atom is -0.378 e. The molecule has 2 aromatic rings. The number of nitrogens with two attached hydrogens (primary N) is 1. The Labute approximate surface area is 93.7 Å². The number of hydrogen-bond donors (Lipinski definition) is 3. The molecule has 5 heteroatoms. The number of aromatic amines is 1. The van der Waals surface area contributed by atoms with Crippen LogP contribution in [0, 0.1) is 5.41 Å². The Morgan fingerprint density at radius 3 is 3.00 bits per heavy atom. The zero-order valence-corrected chi connectivity index (χ0v) is 9.58. The lowest BCUT2D eigenvalue weighted by molar-refractivity contribution is 1.42. The molecule has 0 aliphatic heterocycles. The number of fused-ring (bicyclic) bond motifs is 1. The zero-order valence-electron chi connectivity index (χ0n) is 7.17. The van der Waals surface area contributed by atoms with E-state index >= 15 is 0 Å². The number of amidine groups is 1. The average molecular weight is 270 g/mol. The third kappa shape index (κ3) is 1.78. The SMILES string of the molecule is N=C(N)Sc1c[nH]c2ccc(Br)cc12. The Kier molecular flexibility index (Phi) is 2.52. The molecule has 4 N–H and O–H groups in total. The molecule has 0 bridgehead atoms. The minimum atomic E-state index is 0.103. The van der Waals surface area contributed by atoms with E-state index in [9.17, 15) is 0 Å². The number of hydrogen-bond acceptors (Lipinski definition) is 2. The predicted molar refractivity (Wildman–Crippen MR) is 63.8 cm³/mol. The molecule has 72 valence electrons. The van der Waals surface area contributed by atoms with Gasteiger partial charge in [0, 0.05) is 26.5 Å². The molecule has 0 saturated carbocycles. The molecule has 0 atom stereocenters. The van der Waals surface area contributed by atoms with Crippen molar-refractivity contribution in [3.63, 3.8) is 0 Å². The molecule has 14 heavy (non-hydrogen) atoms. The highest BCUT2D eigenvalue weighted by Crippen LogP contribution is 2.29. The molecular weight excluding hydrogens is 262 g/mol. The third-order valence-corrected chi connectivity index (χ3v) is 3.10. The summed E-state index contributed by atoms with van der Waals surface area (Å²) in [4.78, 5) is 4.11. The first-order chi connectivity index (χ1) is 6.66. The van der Waals surface area contributed by atoms with Crippen LogP contribution in [0.4, 0.5) is 0 Å². The summed E-state index contributed by atoms with van der Waals surface area (Å²) in [5.41, 5.74) is 6.39. The first-order valence-corrected chi connectivity index (χ1v) is 5.56. The molecule has 1 heterocycles. The van der Waals surface area contributed by atoms with Crippen molar-refractivity contribution < 1.29 is 0 Å². The summed E-state index contributed by atoms with van der Waals surface area (Å²) in [6, 6.07) is 5.97. The second kappa shape index (κ2) is 3.67. The van der Waals surface area contributed by atoms with E-state index in [1.807, 2.05) is 24.4 Å². The maximum Gasteiger partial charge on any atom is 0.156 e. The summed E-state index contributed by atoms with van der Waals surface area (Å²) < 4.78 is 1.02. The van der Waals surface area contributed by atoms with Crippen LogP contribution in [-0.4, -0.2) is 10.2 Å². The fraction of sp³-hybridized carbons (Fsp3) is 0. The fourth-order valence-corrected chi connectivity index (χ4v) is 2.26. The van der Waals surface area contributed by atoms with E-state index in [0.29, 0.717) is 0 Å². The molecule has 0 spiro atoms. The molecule has 0 unspecified atom stereocenters. The molecule has 0 radical (unpaired) electrons. The van der Waals surface area contributed by atoms with E-state index in [2.05, 4.69) is 20.9 Å². The highest BCUT2D eigenvalue weighted by atomic mass is 79.9. The maximum absolute atomic E-state index is 7.21. The second-order valence-corrected chi connectivity index (χ2v) is 4.81. The summed E-state index contributed by atoms with van der Waals surface area (Å²) in [6.45, 7) is 0. The standard InChI is InChI=1S/C9H8BrN3S/c10-5-1-2-7-6(3-5)8(4-13-7)14-9(11)12/h1-4,13H,(H3,11,12). The third-order valence-electron chi connectivity index (χ3n) is 1.83. The van der Waals surface area contributed by atoms with Gasteiger partial charge in [0.1, 0.15) is 0 Å². The molecule has 0 aliphatic rings. The van der Waals surface area contributed by atoms with Gasteiger partial charge in [-0.05, 0) is 18.2 Å². The van der Waals surface area contributed by atoms with Crippen molar-refractivity contribution in [2.75, 3.05) is 0 Å². The number of aromatic nitrogens is 1. The largest absolute Gasteiger partial charge is 0.378 e. The molecule has 0 saturated heterocycles. The van der Waals surface area contributed by atoms with Crippen molar-refractivity contribution in [3.8, 4) is 0 Å². The summed E-state index contributed by atoms with van der Waals surface area (Å²) in [5, 5.41) is 8.40. The molecule has 0 amide bonds. The van der Waals surface area contributed by atoms with Gasteiger partial charge in [0.15, 0.2) is 5.17 Å². The monoisotopic (exact) mass is 269 g/mol. The van der Waals surface area contributed by atoms with Crippen molar-refractivity contribution in [1.82, 2.24) is 4.98 Å². The Hall–Kier alpha value is -0.940. The lowest BCUT2D eigenvalue weighted by Gasteiger charge is -1.96. The van der Waals surface area contributed by atoms with Crippen LogP contribution in [0.2, 0.25) is 0 Å². The highest BCUT2D eigenvalue weighted by Gasteiger charge is 2.05. The van der Waals surface area contributed by atoms with Crippen LogP contribution in [0.3, 0.4) is 0 Å². The summed E-state index contributed by atoms with van der Waals surface area (Å²) in [7, 11) is 0. The number of nitrogens with one attached hydrogen (secondary N) is 2. The van der Waals surface area contributed by atoms with Crippen LogP contribution in [0.5, 0.6) is 0 Å². The lowest BCUT2D eigenvalue weighted by atomic mass is 10.2. The van der Waals surface area contributed by atoms with Crippen LogP contribution in [0.15, 0.2) is 33.8 Å². The summed E-state index contributed by atoms with van der Waals surface area (Å²) >= 11 is 4.66. The highest BCUT2D eigenvalue weighted by molar-refractivity contribution is 9.10. The fourth-order valence-electron chi connectivity index (χ4n) is 1.27. The summed E-state index contributed by atoms with van der Waals surface area (Å²) in [6.07, 6.45) is 1.86. The van der Waals surface area contributed by atoms with Gasteiger partial charge in [-0.15, -0.1) is 0 Å². The van der Waals surface area contributed by atoms with Gasteiger partial charge in [0.2, 0.25) is 0 Å². The average Bonchev–Trinajstić information content (AvgIpc) is 2.47. The van der Waals surface area contributed by atoms with Crippen molar-refractivity contribution in [3.05, 3.63) is 28.9 Å². The second-order valence-electron chi connectivity index (χ2n) is 2.81. The molecule has 3 nitrogen and oxygen atoms in total. The van der Waals surface area contributed by atoms with Gasteiger partial charge in [0.25, 0.3) is 0 Å². The first kappa shape index (κ1) is 9.61. The Morgan fingerprint density at radius 1 is 1.50 bits per heavy atom. The Bertz CT molecular complexity index is 492. The van der Waals surface area contributed by atoms with E-state index in [1.54, 1.807) is 0 Å². The van der Waals surface area contributed by atoms with Gasteiger partial charge in [-0.25, -0.2) is 0 Å². The molecule has 1 aromatic heterocycles. The van der Waals surface area contributed by atoms with Gasteiger partial charge >= 0.3 is 0 Å². The number of rotatable bonds is 1. The smallest absolute Gasteiger partial charge is 0.156 e. The Morgan fingerprint density at radius 2 is 2.29 bits per heavy atom. The lowest BCUT2D eigenvalue weighted by Crippen LogP contribution is -2.02. The molecule has 2 rings (SSSR count). The molecular formula is C9H8BrN3S. The van der Waals surface area contributed by atoms with Gasteiger partial charge in [-0.3, -0.25) is 5.41 Å². The van der Waals surface area contributed by atoms with Gasteiger partial charge in [-0.2, -0.15) is 0 Å². The minimum absolute atomic E-state index is 0.103. The normalized spacial score (nSPS) is 10.6. The van der Waals surface area contributed by atoms with Crippen LogP contribution in [-0.2, 0) is 0 Å². The molecule has 0 aliphatic carbocycles. The number of halogens is 1. The topological polar surface area (TPSA) is 65.7 Å². The van der Waals surface area contributed by atoms with E-state index in [1.165, 1.54) is 11.8 Å². The van der Waals surface area contributed by atoms with Crippen molar-refractivity contribution in [1.29, 1.82) is 5.41 Å². The zero-order chi connectivity index (χ0) is 10.1. The van der Waals surface area contributed by atoms with Crippen molar-refractivity contribution in [2.24, 2.45) is 5.73 Å².